The van der Waals surface area contributed by atoms with Crippen LogP contribution in [0.1, 0.15) is 10.4 Å². The van der Waals surface area contributed by atoms with E-state index in [4.69, 9.17) is 4.74 Å². The number of nitrogens with zero attached hydrogens (tertiary/aromatic N) is 2. The fourth-order valence-corrected chi connectivity index (χ4v) is 2.32. The van der Waals surface area contributed by atoms with Crippen molar-refractivity contribution in [3.63, 3.8) is 0 Å². The number of benzene rings is 2. The largest absolute Gasteiger partial charge is 0.403 e. The third kappa shape index (κ3) is 3.76. The number of thiol groups is 1. The molecule has 0 amide bonds. The van der Waals surface area contributed by atoms with Gasteiger partial charge in [0.15, 0.2) is 6.20 Å². The maximum atomic E-state index is 12.4. The molecule has 2 aromatic carbocycles. The van der Waals surface area contributed by atoms with Crippen LogP contribution < -0.4 is 9.30 Å². The van der Waals surface area contributed by atoms with Crippen molar-refractivity contribution in [2.75, 3.05) is 0 Å². The number of Topliss-reactive ketones (excluding diaryl/α,β-unsaturated/α-hetero) is 1. The predicted molar refractivity (Wildman–Crippen MR) is 89.0 cm³/mol. The van der Waals surface area contributed by atoms with Crippen molar-refractivity contribution in [3.05, 3.63) is 78.8 Å². The van der Waals surface area contributed by atoms with Gasteiger partial charge >= 0.3 is 5.88 Å². The molecule has 3 aromatic rings. The molecule has 5 heteroatoms. The second-order valence-electron chi connectivity index (χ2n) is 4.90. The summed E-state index contributed by atoms with van der Waals surface area (Å²) < 4.78 is 7.57. The number of hydrogen-bond acceptors (Lipinski definition) is 4. The van der Waals surface area contributed by atoms with Gasteiger partial charge in [-0.2, -0.15) is 4.57 Å². The van der Waals surface area contributed by atoms with Crippen molar-refractivity contribution in [2.45, 2.75) is 11.4 Å². The molecule has 0 unspecified atom stereocenters. The molecule has 0 saturated carbocycles. The minimum Gasteiger partial charge on any atom is -0.403 e. The van der Waals surface area contributed by atoms with Gasteiger partial charge < -0.3 is 4.74 Å². The maximum absolute atomic E-state index is 12.4. The van der Waals surface area contributed by atoms with Crippen molar-refractivity contribution in [1.82, 2.24) is 4.98 Å². The van der Waals surface area contributed by atoms with Gasteiger partial charge in [0.05, 0.1) is 6.20 Å². The monoisotopic (exact) mass is 323 g/mol. The summed E-state index contributed by atoms with van der Waals surface area (Å²) in [6.45, 7) is 0.177. The van der Waals surface area contributed by atoms with Crippen LogP contribution in [0, 0.1) is 0 Å². The summed E-state index contributed by atoms with van der Waals surface area (Å²) in [6, 6.07) is 16.6. The van der Waals surface area contributed by atoms with E-state index in [0.29, 0.717) is 17.2 Å². The second kappa shape index (κ2) is 7.07. The van der Waals surface area contributed by atoms with E-state index in [2.05, 4.69) is 17.6 Å². The third-order valence-corrected chi connectivity index (χ3v) is 3.66. The van der Waals surface area contributed by atoms with E-state index in [-0.39, 0.29) is 12.3 Å². The van der Waals surface area contributed by atoms with Crippen molar-refractivity contribution >= 4 is 18.4 Å². The van der Waals surface area contributed by atoms with Crippen molar-refractivity contribution in [1.29, 1.82) is 0 Å². The number of para-hydroxylation sites is 1. The molecule has 114 valence electrons. The van der Waals surface area contributed by atoms with Gasteiger partial charge in [0.25, 0.3) is 0 Å². The molecule has 0 bridgehead atoms. The molecule has 1 heterocycles. The second-order valence-corrected chi connectivity index (χ2v) is 5.38. The van der Waals surface area contributed by atoms with Crippen LogP contribution in [0.15, 0.2) is 78.1 Å². The first-order valence-corrected chi connectivity index (χ1v) is 7.56. The summed E-state index contributed by atoms with van der Waals surface area (Å²) >= 11 is 4.37. The Morgan fingerprint density at radius 2 is 1.83 bits per heavy atom. The lowest BCUT2D eigenvalue weighted by atomic mass is 10.1. The SMILES string of the molecule is O=C(C[n+]1ccncc1Oc1ccccc1S)c1ccccc1. The van der Waals surface area contributed by atoms with Crippen LogP contribution in [0.5, 0.6) is 11.6 Å². The summed E-state index contributed by atoms with van der Waals surface area (Å²) in [6.07, 6.45) is 4.92. The molecule has 0 fully saturated rings. The maximum Gasteiger partial charge on any atom is 0.392 e. The van der Waals surface area contributed by atoms with E-state index in [0.717, 1.165) is 4.90 Å². The van der Waals surface area contributed by atoms with Crippen molar-refractivity contribution in [3.8, 4) is 11.6 Å². The van der Waals surface area contributed by atoms with Crippen LogP contribution >= 0.6 is 12.6 Å². The summed E-state index contributed by atoms with van der Waals surface area (Å²) in [5.41, 5.74) is 0.664. The highest BCUT2D eigenvalue weighted by Gasteiger charge is 2.18. The Morgan fingerprint density at radius 1 is 1.09 bits per heavy atom. The number of rotatable bonds is 5. The molecule has 0 aliphatic rings. The number of carbonyl (C=O) groups excluding carboxylic acids is 1. The highest BCUT2D eigenvalue weighted by molar-refractivity contribution is 7.80. The number of hydrogen-bond donors (Lipinski definition) is 1. The van der Waals surface area contributed by atoms with Crippen LogP contribution in [0.25, 0.3) is 0 Å². The van der Waals surface area contributed by atoms with Crippen LogP contribution in [0.3, 0.4) is 0 Å². The lowest BCUT2D eigenvalue weighted by Crippen LogP contribution is -2.39. The van der Waals surface area contributed by atoms with Gasteiger partial charge in [0, 0.05) is 10.5 Å². The number of aromatic nitrogens is 2. The predicted octanol–water partition coefficient (Wildman–Crippen LogP) is 3.33. The fourth-order valence-electron chi connectivity index (χ4n) is 2.12. The Morgan fingerprint density at radius 3 is 2.61 bits per heavy atom. The summed E-state index contributed by atoms with van der Waals surface area (Å²) in [5.74, 6) is 1.11. The van der Waals surface area contributed by atoms with E-state index < -0.39 is 0 Å². The molecule has 23 heavy (non-hydrogen) atoms. The van der Waals surface area contributed by atoms with Crippen molar-refractivity contribution < 1.29 is 14.1 Å². The Kier molecular flexibility index (Phi) is 4.68. The highest BCUT2D eigenvalue weighted by atomic mass is 32.1. The first-order valence-electron chi connectivity index (χ1n) is 7.11. The highest BCUT2D eigenvalue weighted by Crippen LogP contribution is 2.25. The smallest absolute Gasteiger partial charge is 0.392 e. The first-order chi connectivity index (χ1) is 11.2. The summed E-state index contributed by atoms with van der Waals surface area (Å²) in [5, 5.41) is 0. The summed E-state index contributed by atoms with van der Waals surface area (Å²) in [4.78, 5) is 17.2. The van der Waals surface area contributed by atoms with Crippen molar-refractivity contribution in [2.24, 2.45) is 0 Å². The van der Waals surface area contributed by atoms with E-state index in [1.54, 1.807) is 35.3 Å². The molecule has 0 saturated heterocycles. The molecule has 3 rings (SSSR count). The Bertz CT molecular complexity index is 822. The van der Waals surface area contributed by atoms with E-state index >= 15 is 0 Å². The average molecular weight is 323 g/mol. The van der Waals surface area contributed by atoms with Gasteiger partial charge in [-0.25, -0.2) is 4.98 Å². The molecule has 0 aliphatic carbocycles. The fraction of sp³-hybridized carbons (Fsp3) is 0.0556. The van der Waals surface area contributed by atoms with E-state index in [1.807, 2.05) is 42.5 Å². The zero-order chi connectivity index (χ0) is 16.1. The zero-order valence-electron chi connectivity index (χ0n) is 12.3. The number of carbonyl (C=O) groups is 1. The van der Waals surface area contributed by atoms with Crippen LogP contribution in [0.4, 0.5) is 0 Å². The van der Waals surface area contributed by atoms with Crippen LogP contribution in [-0.2, 0) is 6.54 Å². The van der Waals surface area contributed by atoms with Gasteiger partial charge in [-0.15, -0.1) is 12.6 Å². The quantitative estimate of drug-likeness (QED) is 0.445. The molecular weight excluding hydrogens is 308 g/mol. The molecular formula is C18H15N2O2S+. The summed E-state index contributed by atoms with van der Waals surface area (Å²) in [7, 11) is 0. The number of ether oxygens (including phenoxy) is 1. The standard InChI is InChI=1S/C18H14N2O2S/c21-15(14-6-2-1-3-7-14)13-20-11-10-19-12-18(20)22-16-8-4-5-9-17(16)23/h1-12H,13H2/p+1. The van der Waals surface area contributed by atoms with Gasteiger partial charge in [-0.1, -0.05) is 42.5 Å². The Hall–Kier alpha value is -2.66. The minimum absolute atomic E-state index is 0.00538. The molecule has 0 aliphatic heterocycles. The molecule has 1 aromatic heterocycles. The molecule has 0 spiro atoms. The average Bonchev–Trinajstić information content (AvgIpc) is 2.59. The Balaban J connectivity index is 1.84. The lowest BCUT2D eigenvalue weighted by molar-refractivity contribution is -0.687. The lowest BCUT2D eigenvalue weighted by Gasteiger charge is -2.06. The minimum atomic E-state index is 0.00538. The van der Waals surface area contributed by atoms with Gasteiger partial charge in [0.1, 0.15) is 11.9 Å². The molecule has 0 atom stereocenters. The van der Waals surface area contributed by atoms with Gasteiger partial charge in [0.2, 0.25) is 12.3 Å². The number of ketones is 1. The first kappa shape index (κ1) is 15.2. The normalized spacial score (nSPS) is 10.3. The van der Waals surface area contributed by atoms with Gasteiger partial charge in [-0.3, -0.25) is 4.79 Å². The van der Waals surface area contributed by atoms with Gasteiger partial charge in [-0.05, 0) is 12.1 Å². The van der Waals surface area contributed by atoms with E-state index in [9.17, 15) is 4.79 Å². The topological polar surface area (TPSA) is 43.1 Å². The Labute approximate surface area is 139 Å². The molecule has 0 N–H and O–H groups in total. The van der Waals surface area contributed by atoms with E-state index in [1.165, 1.54) is 0 Å². The van der Waals surface area contributed by atoms with Crippen LogP contribution in [-0.4, -0.2) is 10.8 Å². The third-order valence-electron chi connectivity index (χ3n) is 3.29. The molecule has 0 radical (unpaired) electrons. The molecule has 4 nitrogen and oxygen atoms in total. The van der Waals surface area contributed by atoms with Crippen LogP contribution in [0.2, 0.25) is 0 Å². The zero-order valence-corrected chi connectivity index (χ0v) is 13.2.